The van der Waals surface area contributed by atoms with Gasteiger partial charge in [-0.2, -0.15) is 5.26 Å². The molecule has 2 aliphatic heterocycles. The molecule has 2 unspecified atom stereocenters. The third-order valence-corrected chi connectivity index (χ3v) is 6.55. The summed E-state index contributed by atoms with van der Waals surface area (Å²) < 4.78 is 5.26. The van der Waals surface area contributed by atoms with Crippen molar-refractivity contribution < 1.29 is 14.6 Å². The first kappa shape index (κ1) is 18.6. The predicted molar refractivity (Wildman–Crippen MR) is 107 cm³/mol. The van der Waals surface area contributed by atoms with Crippen molar-refractivity contribution in [2.75, 3.05) is 12.9 Å². The highest BCUT2D eigenvalue weighted by Gasteiger charge is 2.51. The average molecular weight is 392 g/mol. The maximum atomic E-state index is 13.1. The molecule has 2 aromatic rings. The molecular formula is C22H20N2O3S. The van der Waals surface area contributed by atoms with Crippen molar-refractivity contribution in [2.24, 2.45) is 0 Å². The third kappa shape index (κ3) is 2.88. The molecule has 5 nitrogen and oxygen atoms in total. The molecule has 0 saturated carbocycles. The second-order valence-electron chi connectivity index (χ2n) is 7.06. The summed E-state index contributed by atoms with van der Waals surface area (Å²) in [6, 6.07) is 17.3. The first-order valence-corrected chi connectivity index (χ1v) is 10.00. The van der Waals surface area contributed by atoms with Crippen molar-refractivity contribution in [3.05, 3.63) is 75.8 Å². The number of methoxy groups -OCH3 is 1. The van der Waals surface area contributed by atoms with Gasteiger partial charge in [0.05, 0.1) is 29.5 Å². The van der Waals surface area contributed by atoms with E-state index in [-0.39, 0.29) is 24.0 Å². The number of carbonyl (C=O) groups excluding carboxylic acids is 1. The molecule has 1 amide bonds. The molecule has 1 fully saturated rings. The van der Waals surface area contributed by atoms with Gasteiger partial charge in [0.15, 0.2) is 5.72 Å². The molecule has 2 aromatic carbocycles. The minimum Gasteiger partial charge on any atom is -0.497 e. The molecule has 6 heteroatoms. The predicted octanol–water partition coefficient (Wildman–Crippen LogP) is 3.65. The highest BCUT2D eigenvalue weighted by molar-refractivity contribution is 8.03. The van der Waals surface area contributed by atoms with Crippen LogP contribution in [0.25, 0.3) is 0 Å². The number of allylic oxidation sites excluding steroid dienone is 1. The van der Waals surface area contributed by atoms with Crippen LogP contribution in [0.15, 0.2) is 59.1 Å². The summed E-state index contributed by atoms with van der Waals surface area (Å²) in [6.07, 6.45) is 0.155. The smallest absolute Gasteiger partial charge is 0.231 e. The summed E-state index contributed by atoms with van der Waals surface area (Å²) >= 11 is 1.35. The quantitative estimate of drug-likeness (QED) is 0.863. The van der Waals surface area contributed by atoms with E-state index in [1.165, 1.54) is 16.7 Å². The van der Waals surface area contributed by atoms with E-state index in [0.717, 1.165) is 11.1 Å². The summed E-state index contributed by atoms with van der Waals surface area (Å²) in [5.41, 5.74) is 1.69. The number of nitrogens with zero attached hydrogens (tertiary/aromatic N) is 2. The van der Waals surface area contributed by atoms with E-state index in [9.17, 15) is 15.2 Å². The van der Waals surface area contributed by atoms with E-state index >= 15 is 0 Å². The van der Waals surface area contributed by atoms with Gasteiger partial charge in [-0.3, -0.25) is 9.69 Å². The van der Waals surface area contributed by atoms with Crippen molar-refractivity contribution in [3.8, 4) is 11.8 Å². The lowest BCUT2D eigenvalue weighted by Gasteiger charge is -2.38. The second-order valence-corrected chi connectivity index (χ2v) is 8.03. The third-order valence-electron chi connectivity index (χ3n) is 5.32. The van der Waals surface area contributed by atoms with Crippen molar-refractivity contribution in [1.82, 2.24) is 4.90 Å². The van der Waals surface area contributed by atoms with Crippen molar-refractivity contribution >= 4 is 17.7 Å². The summed E-state index contributed by atoms with van der Waals surface area (Å²) in [7, 11) is 1.56. The Morgan fingerprint density at radius 3 is 2.71 bits per heavy atom. The van der Waals surface area contributed by atoms with Gasteiger partial charge in [0.1, 0.15) is 5.75 Å². The molecule has 1 N–H and O–H groups in total. The lowest BCUT2D eigenvalue weighted by molar-refractivity contribution is -0.149. The van der Waals surface area contributed by atoms with Crippen LogP contribution in [0.4, 0.5) is 0 Å². The summed E-state index contributed by atoms with van der Waals surface area (Å²) in [6.45, 7) is 2.00. The number of thioether (sulfide) groups is 1. The Morgan fingerprint density at radius 2 is 2.04 bits per heavy atom. The van der Waals surface area contributed by atoms with Crippen molar-refractivity contribution in [3.63, 3.8) is 0 Å². The molecule has 2 aliphatic rings. The van der Waals surface area contributed by atoms with Gasteiger partial charge in [0.2, 0.25) is 5.91 Å². The molecule has 0 aliphatic carbocycles. The van der Waals surface area contributed by atoms with Gasteiger partial charge in [-0.05, 0) is 24.6 Å². The second kappa shape index (κ2) is 7.01. The number of aryl methyl sites for hydroxylation is 1. The molecule has 0 spiro atoms. The van der Waals surface area contributed by atoms with Gasteiger partial charge in [-0.15, -0.1) is 11.8 Å². The molecule has 0 aromatic heterocycles. The Morgan fingerprint density at radius 1 is 1.29 bits per heavy atom. The first-order chi connectivity index (χ1) is 13.5. The number of amides is 1. The average Bonchev–Trinajstić information content (AvgIpc) is 3.08. The summed E-state index contributed by atoms with van der Waals surface area (Å²) in [5.74, 6) is 0.405. The van der Waals surface area contributed by atoms with Gasteiger partial charge < -0.3 is 9.84 Å². The van der Waals surface area contributed by atoms with Crippen LogP contribution in [0, 0.1) is 18.3 Å². The molecule has 0 bridgehead atoms. The highest BCUT2D eigenvalue weighted by atomic mass is 32.2. The molecule has 4 rings (SSSR count). The Kier molecular flexibility index (Phi) is 4.66. The summed E-state index contributed by atoms with van der Waals surface area (Å²) in [4.78, 5) is 14.5. The minimum atomic E-state index is -1.49. The Hall–Kier alpha value is -2.75. The number of fused-ring (bicyclic) bond motifs is 1. The van der Waals surface area contributed by atoms with Crippen molar-refractivity contribution in [2.45, 2.75) is 25.0 Å². The van der Waals surface area contributed by atoms with E-state index in [1.807, 2.05) is 31.2 Å². The van der Waals surface area contributed by atoms with E-state index in [4.69, 9.17) is 4.74 Å². The maximum Gasteiger partial charge on any atom is 0.231 e. The number of carbonyl (C=O) groups is 1. The van der Waals surface area contributed by atoms with Crippen LogP contribution < -0.4 is 4.74 Å². The van der Waals surface area contributed by atoms with Gasteiger partial charge in [-0.25, -0.2) is 0 Å². The lowest BCUT2D eigenvalue weighted by Crippen LogP contribution is -2.48. The minimum absolute atomic E-state index is 0.155. The van der Waals surface area contributed by atoms with E-state index < -0.39 is 5.72 Å². The Bertz CT molecular complexity index is 1010. The Labute approximate surface area is 168 Å². The van der Waals surface area contributed by atoms with Gasteiger partial charge in [-0.1, -0.05) is 42.0 Å². The molecule has 2 heterocycles. The van der Waals surface area contributed by atoms with E-state index in [2.05, 4.69) is 6.07 Å². The molecular weight excluding hydrogens is 372 g/mol. The fourth-order valence-electron chi connectivity index (χ4n) is 3.79. The SMILES string of the molecule is COc1cccc(C2(O)CSC3=C(C#N)C(c4ccc(C)cc4)CC(=O)N32)c1. The van der Waals surface area contributed by atoms with E-state index in [0.29, 0.717) is 21.9 Å². The fraction of sp³-hybridized carbons (Fsp3) is 0.273. The lowest BCUT2D eigenvalue weighted by atomic mass is 9.85. The molecule has 2 atom stereocenters. The molecule has 0 radical (unpaired) electrons. The zero-order valence-corrected chi connectivity index (χ0v) is 16.5. The van der Waals surface area contributed by atoms with Crippen LogP contribution in [0.1, 0.15) is 29.0 Å². The number of hydrogen-bond donors (Lipinski definition) is 1. The van der Waals surface area contributed by atoms with Crippen molar-refractivity contribution in [1.29, 1.82) is 5.26 Å². The van der Waals surface area contributed by atoms with Gasteiger partial charge in [0, 0.05) is 17.9 Å². The number of benzene rings is 2. The summed E-state index contributed by atoms with van der Waals surface area (Å²) in [5, 5.41) is 21.9. The standard InChI is InChI=1S/C22H20N2O3S/c1-14-6-8-15(9-7-14)18-11-20(25)24-21(19(18)12-23)28-13-22(24,26)16-4-3-5-17(10-16)27-2/h3-10,18,26H,11,13H2,1-2H3. The molecule has 142 valence electrons. The van der Waals surface area contributed by atoms with Gasteiger partial charge in [0.25, 0.3) is 0 Å². The number of hydrogen-bond acceptors (Lipinski definition) is 5. The van der Waals surface area contributed by atoms with Crippen LogP contribution in [0.5, 0.6) is 5.75 Å². The first-order valence-electron chi connectivity index (χ1n) is 9.01. The molecule has 1 saturated heterocycles. The number of ether oxygens (including phenoxy) is 1. The van der Waals surface area contributed by atoms with Crippen LogP contribution >= 0.6 is 11.8 Å². The number of rotatable bonds is 3. The highest BCUT2D eigenvalue weighted by Crippen LogP contribution is 2.51. The zero-order valence-electron chi connectivity index (χ0n) is 15.7. The fourth-order valence-corrected chi connectivity index (χ4v) is 5.15. The number of nitriles is 1. The van der Waals surface area contributed by atoms with Crippen LogP contribution in [0.2, 0.25) is 0 Å². The van der Waals surface area contributed by atoms with Crippen LogP contribution in [0.3, 0.4) is 0 Å². The zero-order chi connectivity index (χ0) is 19.9. The number of aliphatic hydroxyl groups is 1. The topological polar surface area (TPSA) is 73.6 Å². The Balaban J connectivity index is 1.79. The van der Waals surface area contributed by atoms with Gasteiger partial charge >= 0.3 is 0 Å². The van der Waals surface area contributed by atoms with Crippen LogP contribution in [-0.4, -0.2) is 28.8 Å². The molecule has 28 heavy (non-hydrogen) atoms. The van der Waals surface area contributed by atoms with Crippen LogP contribution in [-0.2, 0) is 10.5 Å². The monoisotopic (exact) mass is 392 g/mol. The largest absolute Gasteiger partial charge is 0.497 e. The van der Waals surface area contributed by atoms with E-state index in [1.54, 1.807) is 31.4 Å². The maximum absolute atomic E-state index is 13.1. The normalized spacial score (nSPS) is 24.1.